The highest BCUT2D eigenvalue weighted by Gasteiger charge is 2.29. The maximum Gasteiger partial charge on any atom is 0.251 e. The van der Waals surface area contributed by atoms with E-state index in [0.29, 0.717) is 23.3 Å². The van der Waals surface area contributed by atoms with Gasteiger partial charge in [0.2, 0.25) is 0 Å². The highest BCUT2D eigenvalue weighted by molar-refractivity contribution is 7.91. The van der Waals surface area contributed by atoms with Gasteiger partial charge in [0.05, 0.1) is 30.3 Å². The quantitative estimate of drug-likeness (QED) is 0.925. The summed E-state index contributed by atoms with van der Waals surface area (Å²) >= 11 is 0. The van der Waals surface area contributed by atoms with Crippen LogP contribution < -0.4 is 10.1 Å². The fourth-order valence-electron chi connectivity index (χ4n) is 2.52. The van der Waals surface area contributed by atoms with Crippen molar-refractivity contribution >= 4 is 26.7 Å². The molecule has 112 valence electrons. The predicted octanol–water partition coefficient (Wildman–Crippen LogP) is 1.36. The van der Waals surface area contributed by atoms with Gasteiger partial charge in [-0.05, 0) is 24.6 Å². The number of amides is 1. The molecule has 0 unspecified atom stereocenters. The van der Waals surface area contributed by atoms with Crippen LogP contribution in [-0.4, -0.2) is 39.0 Å². The van der Waals surface area contributed by atoms with Crippen molar-refractivity contribution in [3.8, 4) is 5.75 Å². The Morgan fingerprint density at radius 1 is 1.43 bits per heavy atom. The molecular formula is C14H15NO5S. The Labute approximate surface area is 122 Å². The van der Waals surface area contributed by atoms with E-state index in [2.05, 4.69) is 5.32 Å². The van der Waals surface area contributed by atoms with Crippen molar-refractivity contribution in [3.63, 3.8) is 0 Å². The molecule has 21 heavy (non-hydrogen) atoms. The molecule has 3 rings (SSSR count). The fraction of sp³-hybridized carbons (Fsp3) is 0.357. The molecule has 0 bridgehead atoms. The molecular weight excluding hydrogens is 294 g/mol. The molecule has 7 heteroatoms. The molecule has 1 aliphatic heterocycles. The highest BCUT2D eigenvalue weighted by Crippen LogP contribution is 2.28. The van der Waals surface area contributed by atoms with Crippen LogP contribution in [0, 0.1) is 0 Å². The second-order valence-corrected chi connectivity index (χ2v) is 7.31. The minimum absolute atomic E-state index is 0.00112. The molecule has 6 nitrogen and oxygen atoms in total. The van der Waals surface area contributed by atoms with Crippen LogP contribution in [0.3, 0.4) is 0 Å². The van der Waals surface area contributed by atoms with Crippen molar-refractivity contribution in [1.29, 1.82) is 0 Å². The lowest BCUT2D eigenvalue weighted by Gasteiger charge is -2.11. The molecule has 1 atom stereocenters. The van der Waals surface area contributed by atoms with Crippen molar-refractivity contribution in [1.82, 2.24) is 5.32 Å². The zero-order valence-corrected chi connectivity index (χ0v) is 12.3. The maximum atomic E-state index is 12.2. The Bertz CT molecular complexity index is 793. The summed E-state index contributed by atoms with van der Waals surface area (Å²) in [5.74, 6) is 0.344. The molecule has 1 aromatic carbocycles. The van der Waals surface area contributed by atoms with Crippen LogP contribution in [0.4, 0.5) is 0 Å². The van der Waals surface area contributed by atoms with Gasteiger partial charge in [-0.3, -0.25) is 4.79 Å². The van der Waals surface area contributed by atoms with E-state index in [1.807, 2.05) is 0 Å². The summed E-state index contributed by atoms with van der Waals surface area (Å²) in [5.41, 5.74) is 0.942. The molecule has 1 saturated heterocycles. The Kier molecular flexibility index (Phi) is 3.36. The van der Waals surface area contributed by atoms with Gasteiger partial charge >= 0.3 is 0 Å². The lowest BCUT2D eigenvalue weighted by molar-refractivity contribution is 0.0941. The van der Waals surface area contributed by atoms with E-state index in [9.17, 15) is 13.2 Å². The van der Waals surface area contributed by atoms with Crippen LogP contribution in [0.25, 0.3) is 11.0 Å². The number of sulfone groups is 1. The summed E-state index contributed by atoms with van der Waals surface area (Å²) in [6.45, 7) is 0. The molecule has 1 N–H and O–H groups in total. The smallest absolute Gasteiger partial charge is 0.251 e. The molecule has 0 spiro atoms. The number of benzene rings is 1. The minimum Gasteiger partial charge on any atom is -0.496 e. The van der Waals surface area contributed by atoms with Gasteiger partial charge in [0.25, 0.3) is 5.91 Å². The molecule has 0 radical (unpaired) electrons. The molecule has 1 aliphatic rings. The average Bonchev–Trinajstić information content (AvgIpc) is 3.03. The van der Waals surface area contributed by atoms with E-state index >= 15 is 0 Å². The van der Waals surface area contributed by atoms with Gasteiger partial charge in [0.15, 0.2) is 9.84 Å². The molecule has 1 amide bonds. The van der Waals surface area contributed by atoms with E-state index in [1.165, 1.54) is 13.4 Å². The molecule has 2 aromatic rings. The number of fused-ring (bicyclic) bond motifs is 1. The monoisotopic (exact) mass is 309 g/mol. The van der Waals surface area contributed by atoms with Crippen molar-refractivity contribution in [2.45, 2.75) is 12.5 Å². The number of carbonyl (C=O) groups excluding carboxylic acids is 1. The fourth-order valence-corrected chi connectivity index (χ4v) is 4.19. The summed E-state index contributed by atoms with van der Waals surface area (Å²) in [6.07, 6.45) is 1.98. The SMILES string of the molecule is COc1cc(C(=O)N[C@H]2CCS(=O)(=O)C2)cc2occc12. The summed E-state index contributed by atoms with van der Waals surface area (Å²) in [7, 11) is -1.50. The van der Waals surface area contributed by atoms with Crippen LogP contribution in [-0.2, 0) is 9.84 Å². The van der Waals surface area contributed by atoms with Crippen molar-refractivity contribution < 1.29 is 22.4 Å². The van der Waals surface area contributed by atoms with Gasteiger partial charge in [0.1, 0.15) is 11.3 Å². The molecule has 1 aromatic heterocycles. The molecule has 1 fully saturated rings. The number of furan rings is 1. The zero-order valence-electron chi connectivity index (χ0n) is 11.5. The summed E-state index contributed by atoms with van der Waals surface area (Å²) in [6, 6.07) is 4.67. The van der Waals surface area contributed by atoms with Crippen molar-refractivity contribution in [3.05, 3.63) is 30.0 Å². The lowest BCUT2D eigenvalue weighted by atomic mass is 10.1. The lowest BCUT2D eigenvalue weighted by Crippen LogP contribution is -2.35. The standard InChI is InChI=1S/C14H15NO5S/c1-19-12-6-9(7-13-11(12)2-4-20-13)14(16)15-10-3-5-21(17,18)8-10/h2,4,6-7,10H,3,5,8H2,1H3,(H,15,16)/t10-/m0/s1. The van der Waals surface area contributed by atoms with Gasteiger partial charge in [0, 0.05) is 11.6 Å². The first-order chi connectivity index (χ1) is 9.98. The Morgan fingerprint density at radius 3 is 2.90 bits per heavy atom. The van der Waals surface area contributed by atoms with E-state index < -0.39 is 9.84 Å². The van der Waals surface area contributed by atoms with Gasteiger partial charge in [-0.25, -0.2) is 8.42 Å². The van der Waals surface area contributed by atoms with Crippen LogP contribution in [0.5, 0.6) is 5.75 Å². The predicted molar refractivity (Wildman–Crippen MR) is 77.3 cm³/mol. The number of ether oxygens (including phenoxy) is 1. The first-order valence-corrected chi connectivity index (χ1v) is 8.37. The second-order valence-electron chi connectivity index (χ2n) is 5.08. The number of methoxy groups -OCH3 is 1. The summed E-state index contributed by atoms with van der Waals surface area (Å²) in [5, 5.41) is 3.53. The van der Waals surface area contributed by atoms with Crippen LogP contribution in [0.1, 0.15) is 16.8 Å². The van der Waals surface area contributed by atoms with Crippen LogP contribution in [0.2, 0.25) is 0 Å². The third-order valence-electron chi connectivity index (χ3n) is 3.58. The number of rotatable bonds is 3. The number of hydrogen-bond acceptors (Lipinski definition) is 5. The van der Waals surface area contributed by atoms with E-state index in [4.69, 9.17) is 9.15 Å². The van der Waals surface area contributed by atoms with Crippen molar-refractivity contribution in [2.75, 3.05) is 18.6 Å². The third kappa shape index (κ3) is 2.73. The highest BCUT2D eigenvalue weighted by atomic mass is 32.2. The van der Waals surface area contributed by atoms with Gasteiger partial charge in [-0.15, -0.1) is 0 Å². The van der Waals surface area contributed by atoms with Crippen molar-refractivity contribution in [2.24, 2.45) is 0 Å². The van der Waals surface area contributed by atoms with Crippen LogP contribution in [0.15, 0.2) is 28.9 Å². The number of nitrogens with one attached hydrogen (secondary N) is 1. The largest absolute Gasteiger partial charge is 0.496 e. The van der Waals surface area contributed by atoms with Gasteiger partial charge < -0.3 is 14.5 Å². The summed E-state index contributed by atoms with van der Waals surface area (Å²) in [4.78, 5) is 12.2. The molecule has 0 saturated carbocycles. The Balaban J connectivity index is 1.84. The van der Waals surface area contributed by atoms with E-state index in [0.717, 1.165) is 5.39 Å². The average molecular weight is 309 g/mol. The molecule has 0 aliphatic carbocycles. The number of carbonyl (C=O) groups is 1. The van der Waals surface area contributed by atoms with Gasteiger partial charge in [-0.2, -0.15) is 0 Å². The zero-order chi connectivity index (χ0) is 15.0. The second kappa shape index (κ2) is 5.07. The molecule has 2 heterocycles. The Morgan fingerprint density at radius 2 is 2.24 bits per heavy atom. The first kappa shape index (κ1) is 13.9. The normalized spacial score (nSPS) is 20.5. The van der Waals surface area contributed by atoms with E-state index in [1.54, 1.807) is 18.2 Å². The minimum atomic E-state index is -3.02. The number of hydrogen-bond donors (Lipinski definition) is 1. The van der Waals surface area contributed by atoms with Gasteiger partial charge in [-0.1, -0.05) is 0 Å². The first-order valence-electron chi connectivity index (χ1n) is 6.55. The van der Waals surface area contributed by atoms with E-state index in [-0.39, 0.29) is 23.5 Å². The van der Waals surface area contributed by atoms with Crippen LogP contribution >= 0.6 is 0 Å². The topological polar surface area (TPSA) is 85.6 Å². The summed E-state index contributed by atoms with van der Waals surface area (Å²) < 4.78 is 33.4. The Hall–Kier alpha value is -2.02. The third-order valence-corrected chi connectivity index (χ3v) is 5.35. The maximum absolute atomic E-state index is 12.2.